The minimum absolute atomic E-state index is 0.422. The molecule has 0 unspecified atom stereocenters. The lowest BCUT2D eigenvalue weighted by molar-refractivity contribution is -0.143. The molecular weight excluding hydrogens is 232 g/mol. The van der Waals surface area contributed by atoms with Gasteiger partial charge in [0.25, 0.3) is 0 Å². The van der Waals surface area contributed by atoms with Crippen molar-refractivity contribution in [2.24, 2.45) is 17.2 Å². The Hall–Kier alpha value is -2.16. The largest absolute Gasteiger partial charge is 0.480 e. The fourth-order valence-corrected chi connectivity index (χ4v) is 0.989. The normalized spacial score (nSPS) is 13.5. The van der Waals surface area contributed by atoms with Crippen molar-refractivity contribution < 1.29 is 24.3 Å². The molecule has 0 fully saturated rings. The standard InChI is InChI=1S/C8H14N4O5/c9-3(1-5(10)13)7(15)12-4(8(16)17)2-6(11)14/h3-4H,1-2,9H2,(H2,10,13)(H2,11,14)(H,12,15)(H,16,17)/t3-,4-/m0/s1. The summed E-state index contributed by atoms with van der Waals surface area (Å²) in [4.78, 5) is 43.0. The molecule has 0 aliphatic rings. The van der Waals surface area contributed by atoms with Crippen molar-refractivity contribution in [3.63, 3.8) is 0 Å². The Morgan fingerprint density at radius 1 is 1.06 bits per heavy atom. The van der Waals surface area contributed by atoms with Crippen molar-refractivity contribution in [3.05, 3.63) is 0 Å². The van der Waals surface area contributed by atoms with E-state index in [0.29, 0.717) is 0 Å². The summed E-state index contributed by atoms with van der Waals surface area (Å²) in [6.45, 7) is 0. The summed E-state index contributed by atoms with van der Waals surface area (Å²) < 4.78 is 0. The first-order valence-electron chi connectivity index (χ1n) is 4.59. The van der Waals surface area contributed by atoms with Gasteiger partial charge in [-0.15, -0.1) is 0 Å². The van der Waals surface area contributed by atoms with Gasteiger partial charge in [0.15, 0.2) is 0 Å². The second-order valence-corrected chi connectivity index (χ2v) is 3.35. The molecule has 0 aliphatic heterocycles. The van der Waals surface area contributed by atoms with Crippen LogP contribution in [-0.4, -0.2) is 40.9 Å². The van der Waals surface area contributed by atoms with Gasteiger partial charge in [-0.3, -0.25) is 14.4 Å². The molecule has 8 N–H and O–H groups in total. The summed E-state index contributed by atoms with van der Waals surface area (Å²) >= 11 is 0. The van der Waals surface area contributed by atoms with Crippen LogP contribution in [0.2, 0.25) is 0 Å². The van der Waals surface area contributed by atoms with Gasteiger partial charge in [-0.2, -0.15) is 0 Å². The number of carboxylic acids is 1. The lowest BCUT2D eigenvalue weighted by Gasteiger charge is -2.15. The van der Waals surface area contributed by atoms with Crippen molar-refractivity contribution in [1.29, 1.82) is 0 Å². The molecule has 0 spiro atoms. The molecule has 2 atom stereocenters. The quantitative estimate of drug-likeness (QED) is 0.313. The number of hydrogen-bond acceptors (Lipinski definition) is 5. The Kier molecular flexibility index (Phi) is 5.61. The average molecular weight is 246 g/mol. The van der Waals surface area contributed by atoms with E-state index in [9.17, 15) is 19.2 Å². The summed E-state index contributed by atoms with van der Waals surface area (Å²) in [5.41, 5.74) is 14.9. The van der Waals surface area contributed by atoms with Crippen molar-refractivity contribution >= 4 is 23.7 Å². The molecule has 0 bridgehead atoms. The third-order valence-electron chi connectivity index (χ3n) is 1.78. The number of carbonyl (C=O) groups is 4. The van der Waals surface area contributed by atoms with Crippen LogP contribution in [0.15, 0.2) is 0 Å². The highest BCUT2D eigenvalue weighted by Crippen LogP contribution is 1.95. The summed E-state index contributed by atoms with van der Waals surface area (Å²) in [7, 11) is 0. The van der Waals surface area contributed by atoms with Crippen LogP contribution in [0.3, 0.4) is 0 Å². The molecule has 17 heavy (non-hydrogen) atoms. The predicted molar refractivity (Wildman–Crippen MR) is 55.2 cm³/mol. The van der Waals surface area contributed by atoms with Crippen LogP contribution in [0.4, 0.5) is 0 Å². The van der Waals surface area contributed by atoms with Crippen molar-refractivity contribution in [1.82, 2.24) is 5.32 Å². The molecule has 0 rings (SSSR count). The number of amides is 3. The molecule has 0 aromatic carbocycles. The maximum absolute atomic E-state index is 11.3. The maximum atomic E-state index is 11.3. The van der Waals surface area contributed by atoms with E-state index in [4.69, 9.17) is 22.3 Å². The van der Waals surface area contributed by atoms with Crippen LogP contribution in [0, 0.1) is 0 Å². The molecular formula is C8H14N4O5. The molecule has 0 heterocycles. The zero-order chi connectivity index (χ0) is 13.6. The first-order valence-corrected chi connectivity index (χ1v) is 4.59. The molecule has 96 valence electrons. The minimum atomic E-state index is -1.47. The molecule has 0 aromatic rings. The third kappa shape index (κ3) is 6.10. The van der Waals surface area contributed by atoms with Gasteiger partial charge in [0, 0.05) is 0 Å². The zero-order valence-corrected chi connectivity index (χ0v) is 8.88. The molecule has 0 radical (unpaired) electrons. The van der Waals surface area contributed by atoms with Gasteiger partial charge in [0.05, 0.1) is 18.9 Å². The van der Waals surface area contributed by atoms with E-state index < -0.39 is 48.6 Å². The second kappa shape index (κ2) is 6.43. The molecule has 0 aliphatic carbocycles. The van der Waals surface area contributed by atoms with E-state index in [0.717, 1.165) is 0 Å². The number of rotatable bonds is 7. The van der Waals surface area contributed by atoms with E-state index in [-0.39, 0.29) is 0 Å². The van der Waals surface area contributed by atoms with Gasteiger partial charge in [-0.05, 0) is 0 Å². The van der Waals surface area contributed by atoms with Gasteiger partial charge < -0.3 is 27.6 Å². The SMILES string of the molecule is NC(=O)C[C@H](NC(=O)[C@@H](N)CC(N)=O)C(=O)O. The highest BCUT2D eigenvalue weighted by Gasteiger charge is 2.25. The highest BCUT2D eigenvalue weighted by atomic mass is 16.4. The minimum Gasteiger partial charge on any atom is -0.480 e. The fraction of sp³-hybridized carbons (Fsp3) is 0.500. The van der Waals surface area contributed by atoms with E-state index in [1.54, 1.807) is 0 Å². The lowest BCUT2D eigenvalue weighted by atomic mass is 10.1. The number of carboxylic acid groups (broad SMARTS) is 1. The number of hydrogen-bond donors (Lipinski definition) is 5. The Morgan fingerprint density at radius 2 is 1.53 bits per heavy atom. The first kappa shape index (κ1) is 14.8. The smallest absolute Gasteiger partial charge is 0.326 e. The van der Waals surface area contributed by atoms with E-state index in [1.165, 1.54) is 0 Å². The number of aliphatic carboxylic acids is 1. The van der Waals surface area contributed by atoms with Crippen LogP contribution in [0.25, 0.3) is 0 Å². The van der Waals surface area contributed by atoms with Crippen LogP contribution < -0.4 is 22.5 Å². The van der Waals surface area contributed by atoms with Gasteiger partial charge in [-0.25, -0.2) is 4.79 Å². The van der Waals surface area contributed by atoms with Crippen LogP contribution >= 0.6 is 0 Å². The van der Waals surface area contributed by atoms with Gasteiger partial charge in [-0.1, -0.05) is 0 Å². The van der Waals surface area contributed by atoms with Crippen LogP contribution in [0.1, 0.15) is 12.8 Å². The second-order valence-electron chi connectivity index (χ2n) is 3.35. The third-order valence-corrected chi connectivity index (χ3v) is 1.78. The van der Waals surface area contributed by atoms with Crippen LogP contribution in [-0.2, 0) is 19.2 Å². The van der Waals surface area contributed by atoms with Crippen molar-refractivity contribution in [3.8, 4) is 0 Å². The summed E-state index contributed by atoms with van der Waals surface area (Å²) in [6.07, 6.45) is -0.987. The molecule has 0 saturated carbocycles. The molecule has 3 amide bonds. The summed E-state index contributed by atoms with van der Waals surface area (Å²) in [5.74, 6) is -4.00. The topological polar surface area (TPSA) is 179 Å². The fourth-order valence-electron chi connectivity index (χ4n) is 0.989. The van der Waals surface area contributed by atoms with Gasteiger partial charge >= 0.3 is 5.97 Å². The number of nitrogens with two attached hydrogens (primary N) is 3. The Bertz CT molecular complexity index is 343. The predicted octanol–water partition coefficient (Wildman–Crippen LogP) is -3.37. The number of primary amides is 2. The molecule has 9 nitrogen and oxygen atoms in total. The monoisotopic (exact) mass is 246 g/mol. The first-order chi connectivity index (χ1) is 7.73. The Morgan fingerprint density at radius 3 is 1.88 bits per heavy atom. The Labute approximate surface area is 96.3 Å². The number of carbonyl (C=O) groups excluding carboxylic acids is 3. The van der Waals surface area contributed by atoms with E-state index in [2.05, 4.69) is 0 Å². The molecule has 9 heteroatoms. The number of nitrogens with one attached hydrogen (secondary N) is 1. The van der Waals surface area contributed by atoms with Gasteiger partial charge in [0.1, 0.15) is 6.04 Å². The molecule has 0 saturated heterocycles. The van der Waals surface area contributed by atoms with Crippen LogP contribution in [0.5, 0.6) is 0 Å². The van der Waals surface area contributed by atoms with E-state index in [1.807, 2.05) is 5.32 Å². The zero-order valence-electron chi connectivity index (χ0n) is 8.88. The summed E-state index contributed by atoms with van der Waals surface area (Å²) in [6, 6.07) is -2.74. The van der Waals surface area contributed by atoms with Gasteiger partial charge in [0.2, 0.25) is 17.7 Å². The average Bonchev–Trinajstić information content (AvgIpc) is 2.14. The summed E-state index contributed by atoms with van der Waals surface area (Å²) in [5, 5.41) is 10.7. The molecule has 0 aromatic heterocycles. The highest BCUT2D eigenvalue weighted by molar-refractivity contribution is 5.92. The maximum Gasteiger partial charge on any atom is 0.326 e. The Balaban J connectivity index is 4.44. The van der Waals surface area contributed by atoms with E-state index >= 15 is 0 Å². The van der Waals surface area contributed by atoms with Crippen molar-refractivity contribution in [2.45, 2.75) is 24.9 Å². The lowest BCUT2D eigenvalue weighted by Crippen LogP contribution is -2.50. The van der Waals surface area contributed by atoms with Crippen molar-refractivity contribution in [2.75, 3.05) is 0 Å².